The number of ether oxygens (including phenoxy) is 3. The van der Waals surface area contributed by atoms with Gasteiger partial charge in [0.25, 0.3) is 0 Å². The van der Waals surface area contributed by atoms with Crippen molar-refractivity contribution in [3.05, 3.63) is 71.8 Å². The van der Waals surface area contributed by atoms with E-state index in [0.29, 0.717) is 12.8 Å². The highest BCUT2D eigenvalue weighted by Crippen LogP contribution is 2.21. The lowest BCUT2D eigenvalue weighted by molar-refractivity contribution is -0.155. The second kappa shape index (κ2) is 15.7. The summed E-state index contributed by atoms with van der Waals surface area (Å²) in [6, 6.07) is 15.1. The molecule has 0 aliphatic carbocycles. The number of likely N-dealkylation sites (N-methyl/N-ethyl adjacent to an activating group) is 1. The van der Waals surface area contributed by atoms with Crippen LogP contribution in [0.1, 0.15) is 51.7 Å². The maximum absolute atomic E-state index is 13.8. The summed E-state index contributed by atoms with van der Waals surface area (Å²) in [5.41, 5.74) is 0.809. The first-order chi connectivity index (χ1) is 20.9. The number of alkyl carbamates (subject to hydrolysis) is 1. The van der Waals surface area contributed by atoms with Crippen molar-refractivity contribution in [2.75, 3.05) is 20.1 Å². The minimum atomic E-state index is -1.26. The Hall–Kier alpha value is -4.61. The molecule has 44 heavy (non-hydrogen) atoms. The van der Waals surface area contributed by atoms with Gasteiger partial charge in [-0.25, -0.2) is 14.4 Å². The first-order valence-corrected chi connectivity index (χ1v) is 14.6. The average molecular weight is 611 g/mol. The second-order valence-corrected chi connectivity index (χ2v) is 11.6. The van der Waals surface area contributed by atoms with E-state index >= 15 is 0 Å². The fourth-order valence-electron chi connectivity index (χ4n) is 4.42. The Morgan fingerprint density at radius 3 is 2.07 bits per heavy atom. The van der Waals surface area contributed by atoms with Crippen molar-refractivity contribution in [3.63, 3.8) is 0 Å². The lowest BCUT2D eigenvalue weighted by Gasteiger charge is -2.31. The number of nitrogens with zero attached hydrogens (tertiary/aromatic N) is 2. The van der Waals surface area contributed by atoms with Crippen LogP contribution in [-0.4, -0.2) is 83.6 Å². The zero-order valence-corrected chi connectivity index (χ0v) is 25.9. The Balaban J connectivity index is 1.69. The molecule has 0 saturated carbocycles. The fourth-order valence-corrected chi connectivity index (χ4v) is 4.42. The first-order valence-electron chi connectivity index (χ1n) is 14.6. The molecule has 3 rings (SSSR count). The largest absolute Gasteiger partial charge is 0.459 e. The van der Waals surface area contributed by atoms with E-state index in [4.69, 9.17) is 14.2 Å². The van der Waals surface area contributed by atoms with Crippen LogP contribution in [0.2, 0.25) is 0 Å². The number of esters is 1. The molecule has 2 aromatic carbocycles. The fraction of sp³-hybridized carbons (Fsp3) is 0.469. The third-order valence-electron chi connectivity index (χ3n) is 6.95. The predicted octanol–water partition coefficient (Wildman–Crippen LogP) is 3.39. The van der Waals surface area contributed by atoms with Gasteiger partial charge in [0.1, 0.15) is 36.9 Å². The van der Waals surface area contributed by atoms with Gasteiger partial charge < -0.3 is 29.7 Å². The summed E-state index contributed by atoms with van der Waals surface area (Å²) in [6.45, 7) is 6.63. The van der Waals surface area contributed by atoms with E-state index < -0.39 is 53.7 Å². The smallest absolute Gasteiger partial charge is 0.410 e. The molecule has 1 aliphatic rings. The van der Waals surface area contributed by atoms with Crippen molar-refractivity contribution in [2.45, 2.75) is 77.5 Å². The minimum absolute atomic E-state index is 0.0107. The van der Waals surface area contributed by atoms with Crippen molar-refractivity contribution >= 4 is 30.0 Å². The molecule has 0 unspecified atom stereocenters. The molecular formula is C32H42N4O8. The van der Waals surface area contributed by atoms with Crippen LogP contribution in [0.15, 0.2) is 60.7 Å². The molecule has 2 aromatic rings. The number of nitrogens with one attached hydrogen (secondary N) is 2. The molecule has 0 aromatic heterocycles. The van der Waals surface area contributed by atoms with E-state index in [1.165, 1.54) is 18.9 Å². The van der Waals surface area contributed by atoms with Crippen LogP contribution in [-0.2, 0) is 41.8 Å². The molecule has 0 bridgehead atoms. The second-order valence-electron chi connectivity index (χ2n) is 11.6. The lowest BCUT2D eigenvalue weighted by Crippen LogP contribution is -2.58. The van der Waals surface area contributed by atoms with Gasteiger partial charge >= 0.3 is 18.2 Å². The summed E-state index contributed by atoms with van der Waals surface area (Å²) in [7, 11) is 1.41. The quantitative estimate of drug-likeness (QED) is 0.291. The number of hydrogen-bond donors (Lipinski definition) is 2. The molecule has 12 nitrogen and oxygen atoms in total. The van der Waals surface area contributed by atoms with Gasteiger partial charge in [0.15, 0.2) is 0 Å². The Morgan fingerprint density at radius 1 is 0.932 bits per heavy atom. The maximum atomic E-state index is 13.8. The Bertz CT molecular complexity index is 1280. The molecule has 238 valence electrons. The topological polar surface area (TPSA) is 144 Å². The van der Waals surface area contributed by atoms with E-state index in [9.17, 15) is 24.0 Å². The molecular weight excluding hydrogens is 568 g/mol. The van der Waals surface area contributed by atoms with E-state index in [2.05, 4.69) is 10.6 Å². The van der Waals surface area contributed by atoms with Gasteiger partial charge in [-0.15, -0.1) is 0 Å². The van der Waals surface area contributed by atoms with E-state index in [1.54, 1.807) is 32.9 Å². The highest BCUT2D eigenvalue weighted by molar-refractivity contribution is 5.93. The number of amides is 4. The van der Waals surface area contributed by atoms with Gasteiger partial charge in [-0.05, 0) is 51.7 Å². The SMILES string of the molecule is C[C@@H](C(=O)N[C@@H](CNC(=O)OCc1ccccc1)C(=O)N1CCC[C@H]1C(=O)OCc1ccccc1)N(C)C(=O)OC(C)(C)C. The van der Waals surface area contributed by atoms with Crippen molar-refractivity contribution in [1.82, 2.24) is 20.4 Å². The zero-order chi connectivity index (χ0) is 32.3. The maximum Gasteiger partial charge on any atom is 0.410 e. The molecule has 12 heteroatoms. The zero-order valence-electron chi connectivity index (χ0n) is 25.9. The van der Waals surface area contributed by atoms with E-state index in [1.807, 2.05) is 48.5 Å². The van der Waals surface area contributed by atoms with E-state index in [0.717, 1.165) is 16.0 Å². The van der Waals surface area contributed by atoms with Gasteiger partial charge in [0.05, 0.1) is 6.54 Å². The van der Waals surface area contributed by atoms with Gasteiger partial charge in [0.2, 0.25) is 11.8 Å². The number of carbonyl (C=O) groups excluding carboxylic acids is 5. The van der Waals surface area contributed by atoms with Crippen LogP contribution < -0.4 is 10.6 Å². The van der Waals surface area contributed by atoms with Crippen LogP contribution in [0.3, 0.4) is 0 Å². The van der Waals surface area contributed by atoms with Crippen LogP contribution in [0, 0.1) is 0 Å². The molecule has 1 saturated heterocycles. The molecule has 1 aliphatic heterocycles. The Labute approximate surface area is 258 Å². The number of carbonyl (C=O) groups is 5. The van der Waals surface area contributed by atoms with Gasteiger partial charge in [0, 0.05) is 13.6 Å². The number of rotatable bonds is 11. The summed E-state index contributed by atoms with van der Waals surface area (Å²) in [4.78, 5) is 67.5. The third kappa shape index (κ3) is 10.3. The van der Waals surface area contributed by atoms with Gasteiger partial charge in [-0.3, -0.25) is 14.5 Å². The normalized spacial score (nSPS) is 15.8. The Morgan fingerprint density at radius 2 is 1.50 bits per heavy atom. The van der Waals surface area contributed by atoms with Crippen molar-refractivity contribution in [1.29, 1.82) is 0 Å². The van der Waals surface area contributed by atoms with E-state index in [-0.39, 0.29) is 26.3 Å². The molecule has 0 radical (unpaired) electrons. The monoisotopic (exact) mass is 610 g/mol. The van der Waals surface area contributed by atoms with Crippen molar-refractivity contribution < 1.29 is 38.2 Å². The molecule has 2 N–H and O–H groups in total. The molecule has 3 atom stereocenters. The summed E-state index contributed by atoms with van der Waals surface area (Å²) < 4.78 is 16.1. The molecule has 0 spiro atoms. The highest BCUT2D eigenvalue weighted by atomic mass is 16.6. The van der Waals surface area contributed by atoms with Crippen LogP contribution in [0.5, 0.6) is 0 Å². The summed E-state index contributed by atoms with van der Waals surface area (Å²) in [6.07, 6.45) is -0.557. The lowest BCUT2D eigenvalue weighted by atomic mass is 10.1. The number of likely N-dealkylation sites (tertiary alicyclic amines) is 1. The van der Waals surface area contributed by atoms with Gasteiger partial charge in [-0.2, -0.15) is 0 Å². The third-order valence-corrected chi connectivity index (χ3v) is 6.95. The Kier molecular flexibility index (Phi) is 12.1. The first kappa shape index (κ1) is 33.9. The molecule has 4 amide bonds. The number of hydrogen-bond acceptors (Lipinski definition) is 8. The summed E-state index contributed by atoms with van der Waals surface area (Å²) >= 11 is 0. The van der Waals surface area contributed by atoms with Crippen LogP contribution in [0.4, 0.5) is 9.59 Å². The van der Waals surface area contributed by atoms with Crippen LogP contribution in [0.25, 0.3) is 0 Å². The minimum Gasteiger partial charge on any atom is -0.459 e. The standard InChI is InChI=1S/C32H42N4O8/c1-22(35(5)31(41)44-32(2,3)4)27(37)34-25(19-33-30(40)43-21-24-15-10-7-11-16-24)28(38)36-18-12-17-26(36)29(39)42-20-23-13-8-6-9-14-23/h6-11,13-16,22,25-26H,12,17-21H2,1-5H3,(H,33,40)(H,34,37)/t22-,25-,26-/m0/s1. The molecule has 1 fully saturated rings. The van der Waals surface area contributed by atoms with Gasteiger partial charge in [-0.1, -0.05) is 60.7 Å². The molecule has 1 heterocycles. The van der Waals surface area contributed by atoms with Crippen molar-refractivity contribution in [2.24, 2.45) is 0 Å². The van der Waals surface area contributed by atoms with Crippen LogP contribution >= 0.6 is 0 Å². The predicted molar refractivity (Wildman–Crippen MR) is 161 cm³/mol. The highest BCUT2D eigenvalue weighted by Gasteiger charge is 2.39. The summed E-state index contributed by atoms with van der Waals surface area (Å²) in [5, 5.41) is 5.17. The average Bonchev–Trinajstić information content (AvgIpc) is 3.50. The number of benzene rings is 2. The summed E-state index contributed by atoms with van der Waals surface area (Å²) in [5.74, 6) is -1.79. The van der Waals surface area contributed by atoms with Crippen molar-refractivity contribution in [3.8, 4) is 0 Å².